The van der Waals surface area contributed by atoms with Gasteiger partial charge in [0, 0.05) is 70.2 Å². The smallest absolute Gasteiger partial charge is 0.229 e. The maximum Gasteiger partial charge on any atom is 0.229 e. The van der Waals surface area contributed by atoms with E-state index in [0.717, 1.165) is 0 Å². The van der Waals surface area contributed by atoms with Crippen LogP contribution in [0.5, 0.6) is 69.0 Å². The van der Waals surface area contributed by atoms with Crippen LogP contribution in [-0.4, -0.2) is 104 Å². The summed E-state index contributed by atoms with van der Waals surface area (Å²) in [6, 6.07) is 37.8. The molecule has 13 N–H and O–H groups in total. The zero-order valence-corrected chi connectivity index (χ0v) is 41.5. The molecule has 13 unspecified atom stereocenters. The number of aliphatic hydroxyl groups excluding tert-OH is 4. The fourth-order valence-corrected chi connectivity index (χ4v) is 13.4. The molecule has 0 amide bonds. The molecule has 2 aliphatic carbocycles. The topological polar surface area (TPSA) is 300 Å². The Morgan fingerprint density at radius 1 is 0.367 bits per heavy atom. The van der Waals surface area contributed by atoms with Gasteiger partial charge in [-0.25, -0.2) is 0 Å². The van der Waals surface area contributed by atoms with Crippen LogP contribution in [0.3, 0.4) is 0 Å². The summed E-state index contributed by atoms with van der Waals surface area (Å²) < 4.78 is 25.7. The number of ether oxygens (including phenoxy) is 4. The molecule has 1 fully saturated rings. The summed E-state index contributed by atoms with van der Waals surface area (Å²) in [6.45, 7) is -0.718. The summed E-state index contributed by atoms with van der Waals surface area (Å²) in [7, 11) is 0. The van der Waals surface area contributed by atoms with Crippen molar-refractivity contribution < 1.29 is 85.3 Å². The molecule has 1 saturated heterocycles. The van der Waals surface area contributed by atoms with Crippen LogP contribution in [0.4, 0.5) is 0 Å². The van der Waals surface area contributed by atoms with Crippen LogP contribution in [0.15, 0.2) is 146 Å². The average Bonchev–Trinajstić information content (AvgIpc) is 3.03. The highest BCUT2D eigenvalue weighted by Gasteiger charge is 2.58. The van der Waals surface area contributed by atoms with E-state index >= 15 is 0 Å². The maximum absolute atomic E-state index is 13.0. The van der Waals surface area contributed by atoms with Gasteiger partial charge in [-0.3, -0.25) is 0 Å². The molecular formula is C62H52O17. The molecule has 0 bridgehead atoms. The number of phenols is 9. The Morgan fingerprint density at radius 2 is 0.873 bits per heavy atom. The fraction of sp³-hybridized carbons (Fsp3) is 0.226. The normalized spacial score (nSPS) is 27.0. The van der Waals surface area contributed by atoms with Gasteiger partial charge in [-0.05, 0) is 117 Å². The lowest BCUT2D eigenvalue weighted by atomic mass is 9.68. The summed E-state index contributed by atoms with van der Waals surface area (Å²) >= 11 is 0. The molecular weight excluding hydrogens is 1020 g/mol. The molecule has 0 aromatic heterocycles. The summed E-state index contributed by atoms with van der Waals surface area (Å²) in [5, 5.41) is 145. The highest BCUT2D eigenvalue weighted by molar-refractivity contribution is 5.74. The van der Waals surface area contributed by atoms with Gasteiger partial charge in [-0.15, -0.1) is 0 Å². The Morgan fingerprint density at radius 3 is 1.47 bits per heavy atom. The van der Waals surface area contributed by atoms with Gasteiger partial charge in [0.2, 0.25) is 6.29 Å². The number of aliphatic hydroxyl groups is 4. The second-order valence-electron chi connectivity index (χ2n) is 21.0. The number of rotatable bonds is 9. The second-order valence-corrected chi connectivity index (χ2v) is 21.0. The Balaban J connectivity index is 1.09. The summed E-state index contributed by atoms with van der Waals surface area (Å²) in [4.78, 5) is 0. The quantitative estimate of drug-likeness (QED) is 0.0653. The van der Waals surface area contributed by atoms with Crippen molar-refractivity contribution in [2.24, 2.45) is 0 Å². The third-order valence-electron chi connectivity index (χ3n) is 16.5. The number of hydrogen-bond donors (Lipinski definition) is 13. The molecule has 17 nitrogen and oxygen atoms in total. The molecule has 79 heavy (non-hydrogen) atoms. The molecule has 17 heteroatoms. The van der Waals surface area contributed by atoms with E-state index in [-0.39, 0.29) is 63.2 Å². The van der Waals surface area contributed by atoms with Gasteiger partial charge in [0.15, 0.2) is 0 Å². The van der Waals surface area contributed by atoms with E-state index in [1.54, 1.807) is 97.1 Å². The van der Waals surface area contributed by atoms with E-state index in [9.17, 15) is 66.4 Å². The van der Waals surface area contributed by atoms with Crippen molar-refractivity contribution in [3.8, 4) is 69.0 Å². The van der Waals surface area contributed by atoms with E-state index in [4.69, 9.17) is 18.9 Å². The third-order valence-corrected chi connectivity index (χ3v) is 16.5. The van der Waals surface area contributed by atoms with Gasteiger partial charge >= 0.3 is 0 Å². The highest BCUT2D eigenvalue weighted by atomic mass is 16.7. The molecule has 8 aromatic carbocycles. The van der Waals surface area contributed by atoms with Crippen LogP contribution in [0.2, 0.25) is 0 Å². The molecule has 3 aliphatic heterocycles. The molecule has 13 atom stereocenters. The number of benzene rings is 8. The first-order chi connectivity index (χ1) is 38.0. The lowest BCUT2D eigenvalue weighted by Gasteiger charge is -2.39. The van der Waals surface area contributed by atoms with Crippen molar-refractivity contribution >= 4 is 0 Å². The summed E-state index contributed by atoms with van der Waals surface area (Å²) in [5.41, 5.74) is 6.43. The zero-order valence-electron chi connectivity index (χ0n) is 41.5. The molecule has 0 spiro atoms. The minimum atomic E-state index is -1.79. The van der Waals surface area contributed by atoms with Gasteiger partial charge in [-0.1, -0.05) is 48.5 Å². The molecule has 3 heterocycles. The first-order valence-corrected chi connectivity index (χ1v) is 25.7. The fourth-order valence-electron chi connectivity index (χ4n) is 13.4. The molecule has 8 aromatic rings. The van der Waals surface area contributed by atoms with Gasteiger partial charge in [0.05, 0.1) is 18.4 Å². The lowest BCUT2D eigenvalue weighted by molar-refractivity contribution is -0.277. The summed E-state index contributed by atoms with van der Waals surface area (Å²) in [6.07, 6.45) is -9.97. The van der Waals surface area contributed by atoms with Crippen molar-refractivity contribution in [2.75, 3.05) is 6.61 Å². The zero-order chi connectivity index (χ0) is 54.9. The van der Waals surface area contributed by atoms with Crippen LogP contribution in [0.25, 0.3) is 0 Å². The minimum absolute atomic E-state index is 0.0123. The van der Waals surface area contributed by atoms with Crippen LogP contribution in [-0.2, 0) is 4.74 Å². The SMILES string of the molecule is OCC1OC(Oc2cc(O)cc(C3c4c(cc(O)cc4C4c5c(O)cc6c7c5C(C(c5ccc(O)cc5)c5c(O)cc(O)cc5C7C(c5ccc(O)cc5)O6)C4c4ccc(O)cc4)OC3c3ccc(O)cc3)c2)C(O)C(O)C1O. The van der Waals surface area contributed by atoms with E-state index in [0.29, 0.717) is 72.5 Å². The number of phenolic OH excluding ortho intramolecular Hbond substituents is 9. The van der Waals surface area contributed by atoms with Gasteiger partial charge < -0.3 is 85.3 Å². The van der Waals surface area contributed by atoms with Crippen molar-refractivity contribution in [3.05, 3.63) is 212 Å². The van der Waals surface area contributed by atoms with Crippen LogP contribution in [0.1, 0.15) is 114 Å². The standard InChI is InChI=1S/C62H52O17/c63-25-45-57(73)58(74)59(75)62(79-45)76-38-18-30(17-35(68)19-38)48-50-40(21-37(70)23-43(50)77-60(48)28-5-13-33(66)14-6-28)51-47(27-3-11-32(65)12-4-27)55-46(26-1-9-31(64)10-2-26)49-39(20-36(69)22-41(49)71)52-54-44(24-42(72)53(51)56(54)55)78-61(52)29-7-15-34(67)16-8-29/h1-24,45-48,51-52,55,57-75H,25H2. The number of aromatic hydroxyl groups is 9. The minimum Gasteiger partial charge on any atom is -0.508 e. The number of fused-ring (bicyclic) bond motifs is 3. The highest BCUT2D eigenvalue weighted by Crippen LogP contribution is 2.72. The van der Waals surface area contributed by atoms with Crippen molar-refractivity contribution in [3.63, 3.8) is 0 Å². The van der Waals surface area contributed by atoms with E-state index in [1.165, 1.54) is 48.5 Å². The Labute approximate surface area is 450 Å². The number of hydrogen-bond acceptors (Lipinski definition) is 17. The van der Waals surface area contributed by atoms with E-state index in [1.807, 2.05) is 0 Å². The third kappa shape index (κ3) is 8.02. The van der Waals surface area contributed by atoms with Crippen molar-refractivity contribution in [2.45, 2.75) is 78.4 Å². The first kappa shape index (κ1) is 49.7. The van der Waals surface area contributed by atoms with Gasteiger partial charge in [-0.2, -0.15) is 0 Å². The van der Waals surface area contributed by atoms with Crippen LogP contribution < -0.4 is 14.2 Å². The molecule has 0 saturated carbocycles. The van der Waals surface area contributed by atoms with Crippen LogP contribution >= 0.6 is 0 Å². The molecule has 5 aliphatic rings. The molecule has 0 radical (unpaired) electrons. The first-order valence-electron chi connectivity index (χ1n) is 25.7. The maximum atomic E-state index is 13.0. The van der Waals surface area contributed by atoms with Crippen molar-refractivity contribution in [1.29, 1.82) is 0 Å². The molecule has 13 rings (SSSR count). The Kier molecular flexibility index (Phi) is 11.8. The monoisotopic (exact) mass is 1070 g/mol. The van der Waals surface area contributed by atoms with Gasteiger partial charge in [0.1, 0.15) is 106 Å². The second kappa shape index (κ2) is 18.7. The van der Waals surface area contributed by atoms with Crippen LogP contribution in [0, 0.1) is 0 Å². The Bertz CT molecular complexity index is 3680. The average molecular weight is 1070 g/mol. The van der Waals surface area contributed by atoms with Crippen molar-refractivity contribution in [1.82, 2.24) is 0 Å². The Hall–Kier alpha value is -8.84. The predicted molar refractivity (Wildman–Crippen MR) is 281 cm³/mol. The van der Waals surface area contributed by atoms with Gasteiger partial charge in [0.25, 0.3) is 0 Å². The molecule has 402 valence electrons. The largest absolute Gasteiger partial charge is 0.508 e. The van der Waals surface area contributed by atoms with E-state index in [2.05, 4.69) is 0 Å². The summed E-state index contributed by atoms with van der Waals surface area (Å²) in [5.74, 6) is -5.82. The lowest BCUT2D eigenvalue weighted by Crippen LogP contribution is -2.60. The predicted octanol–water partition coefficient (Wildman–Crippen LogP) is 7.91. The van der Waals surface area contributed by atoms with E-state index < -0.39 is 85.0 Å².